The van der Waals surface area contributed by atoms with E-state index >= 15 is 0 Å². The normalized spacial score (nSPS) is 25.7. The summed E-state index contributed by atoms with van der Waals surface area (Å²) in [5, 5.41) is 2.69. The van der Waals surface area contributed by atoms with Crippen LogP contribution in [0.5, 0.6) is 0 Å². The Morgan fingerprint density at radius 3 is 2.47 bits per heavy atom. The van der Waals surface area contributed by atoms with E-state index in [0.29, 0.717) is 5.92 Å². The smallest absolute Gasteiger partial charge is 0.305 e. The van der Waals surface area contributed by atoms with Gasteiger partial charge in [-0.1, -0.05) is 26.7 Å². The monoisotopic (exact) mass is 280 g/mol. The van der Waals surface area contributed by atoms with Crippen LogP contribution in [0.2, 0.25) is 0 Å². The first-order chi connectivity index (χ1) is 8.94. The molecule has 2 atom stereocenters. The molecule has 1 heterocycles. The molecular weight excluding hydrogens is 253 g/mol. The number of unbranched alkanes of at least 4 members (excludes halogenated alkanes) is 1. The zero-order valence-corrected chi connectivity index (χ0v) is 12.1. The van der Waals surface area contributed by atoms with Crippen LogP contribution in [0, 0.1) is 5.92 Å². The molecule has 0 aromatic carbocycles. The zero-order valence-electron chi connectivity index (χ0n) is 12.1. The van der Waals surface area contributed by atoms with Crippen molar-refractivity contribution in [3.63, 3.8) is 0 Å². The lowest BCUT2D eigenvalue weighted by molar-refractivity contribution is -0.127. The molecule has 1 aliphatic heterocycles. The van der Waals surface area contributed by atoms with Crippen LogP contribution in [0.15, 0.2) is 0 Å². The van der Waals surface area contributed by atoms with Crippen LogP contribution < -0.4 is 5.32 Å². The number of nitrogens with one attached hydrogen (secondary N) is 1. The zero-order chi connectivity index (χ0) is 14.3. The van der Waals surface area contributed by atoms with E-state index in [0.717, 1.165) is 45.3 Å². The lowest BCUT2D eigenvalue weighted by Crippen LogP contribution is -2.51. The van der Waals surface area contributed by atoms with Crippen molar-refractivity contribution in [2.75, 3.05) is 26.2 Å². The van der Waals surface area contributed by atoms with Gasteiger partial charge in [-0.25, -0.2) is 0 Å². The molecule has 5 heteroatoms. The molecular formula is C14H27F3N2. The predicted octanol–water partition coefficient (Wildman–Crippen LogP) is 3.43. The minimum Gasteiger partial charge on any atom is -0.305 e. The third-order valence-corrected chi connectivity index (χ3v) is 3.71. The number of hydrogen-bond acceptors (Lipinski definition) is 2. The number of halogens is 3. The largest absolute Gasteiger partial charge is 0.401 e. The molecule has 0 aromatic heterocycles. The number of piperidine rings is 1. The maximum Gasteiger partial charge on any atom is 0.401 e. The van der Waals surface area contributed by atoms with Crippen molar-refractivity contribution in [1.29, 1.82) is 0 Å². The molecule has 2 nitrogen and oxygen atoms in total. The molecule has 0 bridgehead atoms. The van der Waals surface area contributed by atoms with Crippen LogP contribution in [0.1, 0.15) is 46.0 Å². The van der Waals surface area contributed by atoms with Gasteiger partial charge in [-0.2, -0.15) is 13.2 Å². The van der Waals surface area contributed by atoms with E-state index in [1.807, 2.05) is 0 Å². The van der Waals surface area contributed by atoms with Crippen LogP contribution in [0.25, 0.3) is 0 Å². The molecule has 0 amide bonds. The highest BCUT2D eigenvalue weighted by Gasteiger charge is 2.31. The molecule has 0 spiro atoms. The third kappa shape index (κ3) is 7.16. The molecule has 19 heavy (non-hydrogen) atoms. The highest BCUT2D eigenvalue weighted by Crippen LogP contribution is 2.23. The molecule has 1 fully saturated rings. The van der Waals surface area contributed by atoms with Crippen LogP contribution in [0.3, 0.4) is 0 Å². The first-order valence-corrected chi connectivity index (χ1v) is 7.47. The summed E-state index contributed by atoms with van der Waals surface area (Å²) in [5.74, 6) is 0.547. The van der Waals surface area contributed by atoms with Gasteiger partial charge in [0.05, 0.1) is 6.54 Å². The van der Waals surface area contributed by atoms with Crippen molar-refractivity contribution in [2.45, 2.75) is 58.2 Å². The van der Waals surface area contributed by atoms with Crippen molar-refractivity contribution in [1.82, 2.24) is 10.2 Å². The van der Waals surface area contributed by atoms with E-state index in [1.165, 1.54) is 6.42 Å². The first kappa shape index (κ1) is 16.8. The van der Waals surface area contributed by atoms with Crippen LogP contribution >= 0.6 is 0 Å². The molecule has 1 rings (SSSR count). The lowest BCUT2D eigenvalue weighted by Gasteiger charge is -2.38. The van der Waals surface area contributed by atoms with E-state index in [4.69, 9.17) is 0 Å². The fourth-order valence-corrected chi connectivity index (χ4v) is 2.91. The summed E-state index contributed by atoms with van der Waals surface area (Å²) in [6.45, 7) is 6.22. The Kier molecular flexibility index (Phi) is 7.15. The molecule has 2 unspecified atom stereocenters. The highest BCUT2D eigenvalue weighted by molar-refractivity contribution is 4.84. The van der Waals surface area contributed by atoms with Crippen molar-refractivity contribution in [3.05, 3.63) is 0 Å². The fraction of sp³-hybridized carbons (Fsp3) is 1.00. The number of hydrogen-bond donors (Lipinski definition) is 1. The third-order valence-electron chi connectivity index (χ3n) is 3.71. The van der Waals surface area contributed by atoms with Gasteiger partial charge >= 0.3 is 6.18 Å². The van der Waals surface area contributed by atoms with Gasteiger partial charge in [-0.3, -0.25) is 0 Å². The van der Waals surface area contributed by atoms with Crippen molar-refractivity contribution >= 4 is 0 Å². The maximum atomic E-state index is 12.3. The second-order valence-electron chi connectivity index (χ2n) is 5.70. The Balaban J connectivity index is 2.44. The van der Waals surface area contributed by atoms with Crippen molar-refractivity contribution in [3.8, 4) is 0 Å². The van der Waals surface area contributed by atoms with E-state index in [1.54, 1.807) is 0 Å². The summed E-state index contributed by atoms with van der Waals surface area (Å²) < 4.78 is 36.8. The minimum atomic E-state index is -4.11. The number of likely N-dealkylation sites (tertiary alicyclic amines) is 1. The van der Waals surface area contributed by atoms with Gasteiger partial charge in [-0.05, 0) is 31.7 Å². The Labute approximate surface area is 114 Å². The summed E-state index contributed by atoms with van der Waals surface area (Å²) in [4.78, 5) is 2.32. The van der Waals surface area contributed by atoms with E-state index in [-0.39, 0.29) is 6.04 Å². The van der Waals surface area contributed by atoms with Crippen LogP contribution in [0.4, 0.5) is 13.2 Å². The quantitative estimate of drug-likeness (QED) is 0.768. The Morgan fingerprint density at radius 2 is 1.89 bits per heavy atom. The molecule has 0 aliphatic carbocycles. The molecule has 1 aliphatic rings. The summed E-state index contributed by atoms with van der Waals surface area (Å²) in [5.41, 5.74) is 0. The Bertz CT molecular complexity index is 243. The van der Waals surface area contributed by atoms with Crippen LogP contribution in [-0.2, 0) is 0 Å². The summed E-state index contributed by atoms with van der Waals surface area (Å²) in [6, 6.07) is -0.0104. The highest BCUT2D eigenvalue weighted by atomic mass is 19.4. The molecule has 114 valence electrons. The van der Waals surface area contributed by atoms with Gasteiger partial charge in [0.25, 0.3) is 0 Å². The van der Waals surface area contributed by atoms with Crippen molar-refractivity contribution < 1.29 is 13.2 Å². The summed E-state index contributed by atoms with van der Waals surface area (Å²) in [7, 11) is 0. The Morgan fingerprint density at radius 1 is 1.16 bits per heavy atom. The van der Waals surface area contributed by atoms with E-state index in [2.05, 4.69) is 24.1 Å². The SMILES string of the molecule is CCCCC1CC(NCC(F)(F)F)CN(CCC)C1. The second kappa shape index (κ2) is 8.10. The number of alkyl halides is 3. The van der Waals surface area contributed by atoms with Gasteiger partial charge in [0, 0.05) is 19.1 Å². The molecule has 0 saturated carbocycles. The van der Waals surface area contributed by atoms with Gasteiger partial charge < -0.3 is 10.2 Å². The van der Waals surface area contributed by atoms with Gasteiger partial charge in [0.1, 0.15) is 0 Å². The predicted molar refractivity (Wildman–Crippen MR) is 72.2 cm³/mol. The van der Waals surface area contributed by atoms with Crippen molar-refractivity contribution in [2.24, 2.45) is 5.92 Å². The first-order valence-electron chi connectivity index (χ1n) is 7.47. The van der Waals surface area contributed by atoms with Gasteiger partial charge in [0.2, 0.25) is 0 Å². The standard InChI is InChI=1S/C14H27F3N2/c1-3-5-6-12-8-13(18-11-14(15,16)17)10-19(9-12)7-4-2/h12-13,18H,3-11H2,1-2H3. The summed E-state index contributed by atoms with van der Waals surface area (Å²) in [6.07, 6.45) is 1.32. The topological polar surface area (TPSA) is 15.3 Å². The molecule has 0 radical (unpaired) electrons. The van der Waals surface area contributed by atoms with Gasteiger partial charge in [-0.15, -0.1) is 0 Å². The fourth-order valence-electron chi connectivity index (χ4n) is 2.91. The minimum absolute atomic E-state index is 0.0104. The van der Waals surface area contributed by atoms with E-state index < -0.39 is 12.7 Å². The average Bonchev–Trinajstić information content (AvgIpc) is 2.33. The lowest BCUT2D eigenvalue weighted by atomic mass is 9.90. The number of rotatable bonds is 7. The number of nitrogens with zero attached hydrogens (tertiary/aromatic N) is 1. The average molecular weight is 280 g/mol. The summed E-state index contributed by atoms with van der Waals surface area (Å²) >= 11 is 0. The second-order valence-corrected chi connectivity index (χ2v) is 5.70. The molecule has 1 N–H and O–H groups in total. The molecule has 1 saturated heterocycles. The van der Waals surface area contributed by atoms with Gasteiger partial charge in [0.15, 0.2) is 0 Å². The Hall–Kier alpha value is -0.290. The molecule has 0 aromatic rings. The van der Waals surface area contributed by atoms with E-state index in [9.17, 15) is 13.2 Å². The maximum absolute atomic E-state index is 12.3. The van der Waals surface area contributed by atoms with Crippen LogP contribution in [-0.4, -0.2) is 43.3 Å².